The molecule has 60 valence electrons. The zero-order valence-electron chi connectivity index (χ0n) is 6.42. The van der Waals surface area contributed by atoms with Crippen molar-refractivity contribution < 1.29 is 0 Å². The highest BCUT2D eigenvalue weighted by Gasteiger charge is 2.03. The molecule has 3 heteroatoms. The molecule has 11 heavy (non-hydrogen) atoms. The standard InChI is InChI=1S/C8H11ClN2/c1-2-7(10)8-5-6(9)3-4-11-8/h3-5,7H,2,10H2,1H3. The molecule has 1 aromatic heterocycles. The Hall–Kier alpha value is -0.600. The third-order valence-electron chi connectivity index (χ3n) is 1.56. The molecule has 2 N–H and O–H groups in total. The van der Waals surface area contributed by atoms with Gasteiger partial charge in [-0.05, 0) is 18.6 Å². The molecule has 0 aromatic carbocycles. The van der Waals surface area contributed by atoms with Crippen LogP contribution in [0.2, 0.25) is 5.02 Å². The smallest absolute Gasteiger partial charge is 0.0585 e. The number of pyridine rings is 1. The quantitative estimate of drug-likeness (QED) is 0.739. The van der Waals surface area contributed by atoms with Gasteiger partial charge in [-0.15, -0.1) is 0 Å². The number of hydrogen-bond acceptors (Lipinski definition) is 2. The number of nitrogens with two attached hydrogens (primary N) is 1. The molecule has 0 saturated heterocycles. The first-order chi connectivity index (χ1) is 5.24. The molecule has 1 rings (SSSR count). The summed E-state index contributed by atoms with van der Waals surface area (Å²) in [6.07, 6.45) is 2.56. The van der Waals surface area contributed by atoms with Crippen LogP contribution in [0, 0.1) is 0 Å². The van der Waals surface area contributed by atoms with Crippen molar-refractivity contribution in [3.05, 3.63) is 29.0 Å². The van der Waals surface area contributed by atoms with Crippen LogP contribution in [0.1, 0.15) is 25.1 Å². The summed E-state index contributed by atoms with van der Waals surface area (Å²) in [7, 11) is 0. The molecular formula is C8H11ClN2. The molecule has 0 radical (unpaired) electrons. The summed E-state index contributed by atoms with van der Waals surface area (Å²) in [5.41, 5.74) is 6.60. The SMILES string of the molecule is CCC(N)c1cc(Cl)ccn1. The molecule has 0 fully saturated rings. The van der Waals surface area contributed by atoms with Crippen LogP contribution >= 0.6 is 11.6 Å². The second kappa shape index (κ2) is 3.69. The van der Waals surface area contributed by atoms with E-state index in [1.165, 1.54) is 0 Å². The fraction of sp³-hybridized carbons (Fsp3) is 0.375. The lowest BCUT2D eigenvalue weighted by Gasteiger charge is -2.06. The third-order valence-corrected chi connectivity index (χ3v) is 1.80. The Morgan fingerprint density at radius 2 is 2.45 bits per heavy atom. The van der Waals surface area contributed by atoms with Crippen LogP contribution in [0.3, 0.4) is 0 Å². The van der Waals surface area contributed by atoms with Gasteiger partial charge in [-0.3, -0.25) is 4.98 Å². The molecule has 0 saturated carbocycles. The van der Waals surface area contributed by atoms with Crippen LogP contribution in [0.5, 0.6) is 0 Å². The van der Waals surface area contributed by atoms with Crippen LogP contribution in [0.15, 0.2) is 18.3 Å². The highest BCUT2D eigenvalue weighted by atomic mass is 35.5. The van der Waals surface area contributed by atoms with Crippen molar-refractivity contribution in [3.63, 3.8) is 0 Å². The molecule has 0 aliphatic heterocycles. The Labute approximate surface area is 71.4 Å². The van der Waals surface area contributed by atoms with Gasteiger partial charge in [0.1, 0.15) is 0 Å². The summed E-state index contributed by atoms with van der Waals surface area (Å²) in [6.45, 7) is 2.02. The van der Waals surface area contributed by atoms with E-state index in [1.54, 1.807) is 18.3 Å². The van der Waals surface area contributed by atoms with E-state index in [4.69, 9.17) is 17.3 Å². The van der Waals surface area contributed by atoms with Gasteiger partial charge in [0.25, 0.3) is 0 Å². The van der Waals surface area contributed by atoms with Gasteiger partial charge in [0.2, 0.25) is 0 Å². The summed E-state index contributed by atoms with van der Waals surface area (Å²) in [4.78, 5) is 4.10. The third kappa shape index (κ3) is 2.17. The molecule has 1 atom stereocenters. The van der Waals surface area contributed by atoms with Gasteiger partial charge in [0.15, 0.2) is 0 Å². The first-order valence-electron chi connectivity index (χ1n) is 3.61. The van der Waals surface area contributed by atoms with Crippen LogP contribution in [0.25, 0.3) is 0 Å². The van der Waals surface area contributed by atoms with Crippen molar-refractivity contribution in [2.24, 2.45) is 5.73 Å². The van der Waals surface area contributed by atoms with Crippen LogP contribution in [0.4, 0.5) is 0 Å². The maximum atomic E-state index is 5.75. The molecule has 1 heterocycles. The van der Waals surface area contributed by atoms with Gasteiger partial charge >= 0.3 is 0 Å². The average molecular weight is 171 g/mol. The molecule has 0 amide bonds. The van der Waals surface area contributed by atoms with Gasteiger partial charge in [0, 0.05) is 17.3 Å². The minimum atomic E-state index is 0.00806. The van der Waals surface area contributed by atoms with Gasteiger partial charge < -0.3 is 5.73 Å². The zero-order chi connectivity index (χ0) is 8.27. The van der Waals surface area contributed by atoms with Crippen molar-refractivity contribution in [2.45, 2.75) is 19.4 Å². The van der Waals surface area contributed by atoms with Crippen molar-refractivity contribution in [1.29, 1.82) is 0 Å². The summed E-state index contributed by atoms with van der Waals surface area (Å²) >= 11 is 5.75. The fourth-order valence-corrected chi connectivity index (χ4v) is 1.00. The van der Waals surface area contributed by atoms with E-state index in [0.29, 0.717) is 5.02 Å². The monoisotopic (exact) mass is 170 g/mol. The van der Waals surface area contributed by atoms with Crippen LogP contribution < -0.4 is 5.73 Å². The summed E-state index contributed by atoms with van der Waals surface area (Å²) in [5, 5.41) is 0.693. The van der Waals surface area contributed by atoms with Gasteiger partial charge in [0.05, 0.1) is 5.69 Å². The Morgan fingerprint density at radius 3 is 3.00 bits per heavy atom. The fourth-order valence-electron chi connectivity index (χ4n) is 0.833. The average Bonchev–Trinajstić information content (AvgIpc) is 2.03. The molecule has 1 unspecified atom stereocenters. The maximum absolute atomic E-state index is 5.75. The number of nitrogens with zero attached hydrogens (tertiary/aromatic N) is 1. The lowest BCUT2D eigenvalue weighted by molar-refractivity contribution is 0.675. The van der Waals surface area contributed by atoms with E-state index < -0.39 is 0 Å². The van der Waals surface area contributed by atoms with Crippen molar-refractivity contribution in [3.8, 4) is 0 Å². The lowest BCUT2D eigenvalue weighted by Crippen LogP contribution is -2.10. The molecular weight excluding hydrogens is 160 g/mol. The van der Waals surface area contributed by atoms with Crippen molar-refractivity contribution in [1.82, 2.24) is 4.98 Å². The number of hydrogen-bond donors (Lipinski definition) is 1. The zero-order valence-corrected chi connectivity index (χ0v) is 7.17. The molecule has 1 aromatic rings. The summed E-state index contributed by atoms with van der Waals surface area (Å²) < 4.78 is 0. The van der Waals surface area contributed by atoms with Crippen LogP contribution in [-0.2, 0) is 0 Å². The van der Waals surface area contributed by atoms with Gasteiger partial charge in [-0.1, -0.05) is 18.5 Å². The highest BCUT2D eigenvalue weighted by molar-refractivity contribution is 6.30. The molecule has 0 spiro atoms. The minimum Gasteiger partial charge on any atom is -0.323 e. The van der Waals surface area contributed by atoms with Crippen molar-refractivity contribution >= 4 is 11.6 Å². The lowest BCUT2D eigenvalue weighted by atomic mass is 10.1. The Morgan fingerprint density at radius 1 is 1.73 bits per heavy atom. The minimum absolute atomic E-state index is 0.00806. The van der Waals surface area contributed by atoms with Gasteiger partial charge in [-0.2, -0.15) is 0 Å². The summed E-state index contributed by atoms with van der Waals surface area (Å²) in [6, 6.07) is 3.55. The number of aromatic nitrogens is 1. The second-order valence-electron chi connectivity index (χ2n) is 2.41. The largest absolute Gasteiger partial charge is 0.323 e. The number of halogens is 1. The second-order valence-corrected chi connectivity index (χ2v) is 2.85. The van der Waals surface area contributed by atoms with E-state index in [1.807, 2.05) is 6.92 Å². The van der Waals surface area contributed by atoms with E-state index in [9.17, 15) is 0 Å². The maximum Gasteiger partial charge on any atom is 0.0585 e. The summed E-state index contributed by atoms with van der Waals surface area (Å²) in [5.74, 6) is 0. The first-order valence-corrected chi connectivity index (χ1v) is 3.99. The Bertz CT molecular complexity index is 237. The first kappa shape index (κ1) is 8.50. The predicted octanol–water partition coefficient (Wildman–Crippen LogP) is 2.14. The van der Waals surface area contributed by atoms with E-state index >= 15 is 0 Å². The number of rotatable bonds is 2. The molecule has 0 aliphatic carbocycles. The van der Waals surface area contributed by atoms with Gasteiger partial charge in [-0.25, -0.2) is 0 Å². The highest BCUT2D eigenvalue weighted by Crippen LogP contribution is 2.14. The Kier molecular flexibility index (Phi) is 2.85. The van der Waals surface area contributed by atoms with E-state index in [0.717, 1.165) is 12.1 Å². The predicted molar refractivity (Wildman–Crippen MR) is 46.5 cm³/mol. The topological polar surface area (TPSA) is 38.9 Å². The molecule has 2 nitrogen and oxygen atoms in total. The molecule has 0 bridgehead atoms. The normalized spacial score (nSPS) is 13.0. The Balaban J connectivity index is 2.86. The van der Waals surface area contributed by atoms with Crippen LogP contribution in [-0.4, -0.2) is 4.98 Å². The van der Waals surface area contributed by atoms with E-state index in [2.05, 4.69) is 4.98 Å². The van der Waals surface area contributed by atoms with Crippen molar-refractivity contribution in [2.75, 3.05) is 0 Å². The van der Waals surface area contributed by atoms with E-state index in [-0.39, 0.29) is 6.04 Å². The molecule has 0 aliphatic rings.